The molecule has 18 heavy (non-hydrogen) atoms. The summed E-state index contributed by atoms with van der Waals surface area (Å²) in [5.74, 6) is -0.232. The van der Waals surface area contributed by atoms with Gasteiger partial charge in [0, 0.05) is 12.2 Å². The van der Waals surface area contributed by atoms with Gasteiger partial charge in [-0.05, 0) is 24.2 Å². The van der Waals surface area contributed by atoms with Gasteiger partial charge >= 0.3 is 0 Å². The van der Waals surface area contributed by atoms with Gasteiger partial charge in [-0.15, -0.1) is 0 Å². The van der Waals surface area contributed by atoms with Crippen molar-refractivity contribution in [2.24, 2.45) is 0 Å². The molecule has 0 spiro atoms. The van der Waals surface area contributed by atoms with E-state index in [1.54, 1.807) is 0 Å². The van der Waals surface area contributed by atoms with Crippen LogP contribution in [0.4, 0.5) is 5.69 Å². The van der Waals surface area contributed by atoms with Crippen molar-refractivity contribution in [1.82, 2.24) is 14.1 Å². The molecule has 0 aliphatic rings. The number of nitrogens with zero attached hydrogens (tertiary/aromatic N) is 2. The van der Waals surface area contributed by atoms with Gasteiger partial charge in [-0.2, -0.15) is 8.75 Å². The van der Waals surface area contributed by atoms with Crippen LogP contribution in [0, 0.1) is 0 Å². The van der Waals surface area contributed by atoms with Crippen LogP contribution in [0.5, 0.6) is 0 Å². The molecule has 0 aliphatic carbocycles. The number of nitrogens with one attached hydrogen (secondary N) is 2. The SMILES string of the molecule is CCNCc1cccc(NC(=O)c2cnsn2)c1. The average Bonchev–Trinajstić information content (AvgIpc) is 2.91. The molecule has 1 aromatic carbocycles. The van der Waals surface area contributed by atoms with Crippen LogP contribution in [-0.2, 0) is 6.54 Å². The molecule has 1 aromatic heterocycles. The Morgan fingerprint density at radius 1 is 1.44 bits per heavy atom. The Morgan fingerprint density at radius 2 is 2.33 bits per heavy atom. The Hall–Kier alpha value is -1.79. The number of amides is 1. The summed E-state index contributed by atoms with van der Waals surface area (Å²) in [4.78, 5) is 11.8. The lowest BCUT2D eigenvalue weighted by molar-refractivity contribution is 0.102. The first-order valence-electron chi connectivity index (χ1n) is 5.68. The van der Waals surface area contributed by atoms with Crippen LogP contribution in [0.25, 0.3) is 0 Å². The van der Waals surface area contributed by atoms with E-state index in [1.807, 2.05) is 24.3 Å². The first-order chi connectivity index (χ1) is 8.79. The van der Waals surface area contributed by atoms with Crippen molar-refractivity contribution in [3.05, 3.63) is 41.7 Å². The number of hydrogen-bond donors (Lipinski definition) is 2. The Kier molecular flexibility index (Phi) is 4.38. The zero-order valence-corrected chi connectivity index (χ0v) is 10.8. The summed E-state index contributed by atoms with van der Waals surface area (Å²) in [7, 11) is 0. The summed E-state index contributed by atoms with van der Waals surface area (Å²) in [5, 5.41) is 6.04. The average molecular weight is 262 g/mol. The molecule has 0 unspecified atom stereocenters. The first kappa shape index (κ1) is 12.7. The molecule has 2 aromatic rings. The number of anilines is 1. The van der Waals surface area contributed by atoms with E-state index < -0.39 is 0 Å². The van der Waals surface area contributed by atoms with Crippen LogP contribution < -0.4 is 10.6 Å². The lowest BCUT2D eigenvalue weighted by Crippen LogP contribution is -2.14. The highest BCUT2D eigenvalue weighted by atomic mass is 32.1. The molecule has 1 heterocycles. The Morgan fingerprint density at radius 3 is 3.06 bits per heavy atom. The highest BCUT2D eigenvalue weighted by Crippen LogP contribution is 2.11. The molecule has 0 bridgehead atoms. The highest BCUT2D eigenvalue weighted by Gasteiger charge is 2.08. The summed E-state index contributed by atoms with van der Waals surface area (Å²) in [6.07, 6.45) is 1.46. The molecule has 0 aliphatic heterocycles. The highest BCUT2D eigenvalue weighted by molar-refractivity contribution is 6.99. The molecule has 1 amide bonds. The number of benzene rings is 1. The van der Waals surface area contributed by atoms with Gasteiger partial charge < -0.3 is 10.6 Å². The monoisotopic (exact) mass is 262 g/mol. The minimum absolute atomic E-state index is 0.232. The van der Waals surface area contributed by atoms with E-state index in [4.69, 9.17) is 0 Å². The third-order valence-electron chi connectivity index (χ3n) is 2.36. The summed E-state index contributed by atoms with van der Waals surface area (Å²) in [5.41, 5.74) is 2.24. The number of rotatable bonds is 5. The maximum Gasteiger partial charge on any atom is 0.277 e. The second-order valence-corrected chi connectivity index (χ2v) is 4.28. The predicted octanol–water partition coefficient (Wildman–Crippen LogP) is 1.90. The minimum atomic E-state index is -0.232. The smallest absolute Gasteiger partial charge is 0.277 e. The van der Waals surface area contributed by atoms with Crippen LogP contribution in [0.15, 0.2) is 30.5 Å². The van der Waals surface area contributed by atoms with E-state index in [1.165, 1.54) is 6.20 Å². The number of carbonyl (C=O) groups excluding carboxylic acids is 1. The van der Waals surface area contributed by atoms with Gasteiger partial charge in [-0.25, -0.2) is 0 Å². The Bertz CT molecular complexity index is 513. The summed E-state index contributed by atoms with van der Waals surface area (Å²) in [6.45, 7) is 3.76. The fourth-order valence-electron chi connectivity index (χ4n) is 1.49. The topological polar surface area (TPSA) is 66.9 Å². The Balaban J connectivity index is 2.03. The number of carbonyl (C=O) groups is 1. The quantitative estimate of drug-likeness (QED) is 0.863. The molecule has 2 rings (SSSR count). The molecule has 0 saturated carbocycles. The number of aromatic nitrogens is 2. The molecular weight excluding hydrogens is 248 g/mol. The van der Waals surface area contributed by atoms with Crippen LogP contribution >= 0.6 is 11.7 Å². The van der Waals surface area contributed by atoms with Crippen LogP contribution in [0.1, 0.15) is 23.0 Å². The van der Waals surface area contributed by atoms with Crippen LogP contribution in [0.2, 0.25) is 0 Å². The van der Waals surface area contributed by atoms with E-state index >= 15 is 0 Å². The lowest BCUT2D eigenvalue weighted by atomic mass is 10.2. The summed E-state index contributed by atoms with van der Waals surface area (Å²) in [6, 6.07) is 7.73. The van der Waals surface area contributed by atoms with Crippen molar-refractivity contribution in [2.45, 2.75) is 13.5 Å². The zero-order valence-electron chi connectivity index (χ0n) is 10.0. The van der Waals surface area contributed by atoms with Gasteiger partial charge in [0.25, 0.3) is 5.91 Å². The largest absolute Gasteiger partial charge is 0.321 e. The van der Waals surface area contributed by atoms with Gasteiger partial charge in [0.2, 0.25) is 0 Å². The van der Waals surface area contributed by atoms with E-state index in [0.717, 1.165) is 36.1 Å². The zero-order chi connectivity index (χ0) is 12.8. The van der Waals surface area contributed by atoms with Gasteiger partial charge in [0.1, 0.15) is 0 Å². The second-order valence-electron chi connectivity index (χ2n) is 3.73. The molecular formula is C12H14N4OS. The van der Waals surface area contributed by atoms with Gasteiger partial charge in [0.05, 0.1) is 17.9 Å². The maximum atomic E-state index is 11.8. The van der Waals surface area contributed by atoms with Crippen molar-refractivity contribution in [3.63, 3.8) is 0 Å². The lowest BCUT2D eigenvalue weighted by Gasteiger charge is -2.06. The summed E-state index contributed by atoms with van der Waals surface area (Å²) < 4.78 is 7.69. The molecule has 2 N–H and O–H groups in total. The summed E-state index contributed by atoms with van der Waals surface area (Å²) >= 11 is 1.02. The fraction of sp³-hybridized carbons (Fsp3) is 0.250. The maximum absolute atomic E-state index is 11.8. The van der Waals surface area contributed by atoms with Crippen LogP contribution in [-0.4, -0.2) is 21.2 Å². The van der Waals surface area contributed by atoms with Gasteiger partial charge in [-0.3, -0.25) is 4.79 Å². The van der Waals surface area contributed by atoms with E-state index in [-0.39, 0.29) is 5.91 Å². The third kappa shape index (κ3) is 3.35. The fourth-order valence-corrected chi connectivity index (χ4v) is 1.90. The van der Waals surface area contributed by atoms with Gasteiger partial charge in [0.15, 0.2) is 5.69 Å². The van der Waals surface area contributed by atoms with Crippen molar-refractivity contribution < 1.29 is 4.79 Å². The molecule has 0 atom stereocenters. The molecule has 6 heteroatoms. The second kappa shape index (κ2) is 6.23. The normalized spacial score (nSPS) is 10.3. The van der Waals surface area contributed by atoms with Gasteiger partial charge in [-0.1, -0.05) is 19.1 Å². The van der Waals surface area contributed by atoms with Crippen molar-refractivity contribution in [3.8, 4) is 0 Å². The van der Waals surface area contributed by atoms with Crippen molar-refractivity contribution >= 4 is 23.3 Å². The molecule has 0 radical (unpaired) electrons. The third-order valence-corrected chi connectivity index (χ3v) is 2.84. The molecule has 0 fully saturated rings. The predicted molar refractivity (Wildman–Crippen MR) is 71.7 cm³/mol. The molecule has 0 saturated heterocycles. The van der Waals surface area contributed by atoms with E-state index in [0.29, 0.717) is 5.69 Å². The standard InChI is InChI=1S/C12H14N4OS/c1-2-13-7-9-4-3-5-10(6-9)15-12(17)11-8-14-18-16-11/h3-6,8,13H,2,7H2,1H3,(H,15,17). The van der Waals surface area contributed by atoms with Crippen LogP contribution in [0.3, 0.4) is 0 Å². The van der Waals surface area contributed by atoms with Crippen molar-refractivity contribution in [1.29, 1.82) is 0 Å². The van der Waals surface area contributed by atoms with E-state index in [9.17, 15) is 4.79 Å². The molecule has 5 nitrogen and oxygen atoms in total. The van der Waals surface area contributed by atoms with E-state index in [2.05, 4.69) is 26.3 Å². The Labute approximate surface area is 110 Å². The molecule has 94 valence electrons. The first-order valence-corrected chi connectivity index (χ1v) is 6.41. The number of hydrogen-bond acceptors (Lipinski definition) is 5. The van der Waals surface area contributed by atoms with Crippen molar-refractivity contribution in [2.75, 3.05) is 11.9 Å². The minimum Gasteiger partial charge on any atom is -0.321 e.